The highest BCUT2D eigenvalue weighted by molar-refractivity contribution is 5.87. The van der Waals surface area contributed by atoms with Crippen LogP contribution in [0.5, 0.6) is 0 Å². The molecule has 6 fully saturated rings. The molecule has 13 heteroatoms. The molecule has 54 heavy (non-hydrogen) atoms. The molecule has 7 N–H and O–H groups in total. The highest BCUT2D eigenvalue weighted by Gasteiger charge is 2.79. The second-order valence-corrected chi connectivity index (χ2v) is 19.4. The molecule has 7 rings (SSSR count). The van der Waals surface area contributed by atoms with Crippen LogP contribution in [-0.4, -0.2) is 122 Å². The van der Waals surface area contributed by atoms with Crippen molar-refractivity contribution in [3.8, 4) is 0 Å². The molecule has 304 valence electrons. The fourth-order valence-electron chi connectivity index (χ4n) is 13.6. The third-order valence-corrected chi connectivity index (χ3v) is 17.0. The van der Waals surface area contributed by atoms with Crippen molar-refractivity contribution in [3.05, 3.63) is 23.3 Å². The van der Waals surface area contributed by atoms with Crippen LogP contribution >= 0.6 is 0 Å². The lowest BCUT2D eigenvalue weighted by Gasteiger charge is -2.72. The van der Waals surface area contributed by atoms with Gasteiger partial charge in [0.1, 0.15) is 30.5 Å². The number of aliphatic carboxylic acids is 1. The number of hydrogen-bond acceptors (Lipinski definition) is 12. The second kappa shape index (κ2) is 13.0. The van der Waals surface area contributed by atoms with Crippen LogP contribution in [0.1, 0.15) is 93.9 Å². The molecule has 0 radical (unpaired) electrons. The van der Waals surface area contributed by atoms with Crippen LogP contribution in [-0.2, 0) is 28.5 Å². The van der Waals surface area contributed by atoms with Gasteiger partial charge in [-0.25, -0.2) is 9.59 Å². The van der Waals surface area contributed by atoms with E-state index in [9.17, 15) is 45.3 Å². The van der Waals surface area contributed by atoms with Crippen molar-refractivity contribution in [1.82, 2.24) is 0 Å². The summed E-state index contributed by atoms with van der Waals surface area (Å²) in [5.41, 5.74) is -2.31. The molecule has 0 unspecified atom stereocenters. The number of carboxylic acids is 1. The molecule has 2 heterocycles. The lowest BCUT2D eigenvalue weighted by molar-refractivity contribution is -0.325. The van der Waals surface area contributed by atoms with Gasteiger partial charge >= 0.3 is 11.9 Å². The number of hydrogen-bond donors (Lipinski definition) is 7. The van der Waals surface area contributed by atoms with Crippen LogP contribution in [0, 0.1) is 50.2 Å². The van der Waals surface area contributed by atoms with E-state index in [0.717, 1.165) is 31.3 Å². The van der Waals surface area contributed by atoms with Gasteiger partial charge in [0.25, 0.3) is 0 Å². The van der Waals surface area contributed by atoms with E-state index in [1.807, 2.05) is 6.92 Å². The summed E-state index contributed by atoms with van der Waals surface area (Å²) < 4.78 is 25.0. The third-order valence-electron chi connectivity index (χ3n) is 17.0. The molecule has 0 aromatic heterocycles. The van der Waals surface area contributed by atoms with Crippen molar-refractivity contribution in [3.63, 3.8) is 0 Å². The number of aliphatic hydroxyl groups excluding tert-OH is 6. The number of rotatable bonds is 7. The molecule has 13 nitrogen and oxygen atoms in total. The highest BCUT2D eigenvalue weighted by Crippen LogP contribution is 2.77. The average Bonchev–Trinajstić information content (AvgIpc) is 3.41. The summed E-state index contributed by atoms with van der Waals surface area (Å²) in [7, 11) is 0. The second-order valence-electron chi connectivity index (χ2n) is 19.4. The molecule has 2 aliphatic heterocycles. The monoisotopic (exact) mass is 762 g/mol. The molecule has 0 aromatic rings. The van der Waals surface area contributed by atoms with Crippen molar-refractivity contribution >= 4 is 11.9 Å². The van der Waals surface area contributed by atoms with Gasteiger partial charge in [0, 0.05) is 16.4 Å². The maximum atomic E-state index is 13.3. The van der Waals surface area contributed by atoms with E-state index < -0.39 is 100 Å². The zero-order valence-electron chi connectivity index (χ0n) is 32.9. The first-order valence-electron chi connectivity index (χ1n) is 19.8. The number of aliphatic hydroxyl groups is 6. The first-order valence-corrected chi connectivity index (χ1v) is 19.8. The van der Waals surface area contributed by atoms with Crippen LogP contribution in [0.3, 0.4) is 0 Å². The Bertz CT molecular complexity index is 1590. The fourth-order valence-corrected chi connectivity index (χ4v) is 13.6. The number of esters is 1. The van der Waals surface area contributed by atoms with Crippen LogP contribution < -0.4 is 0 Å². The zero-order chi connectivity index (χ0) is 39.7. The van der Waals surface area contributed by atoms with Crippen LogP contribution in [0.25, 0.3) is 0 Å². The Morgan fingerprint density at radius 3 is 2.20 bits per heavy atom. The van der Waals surface area contributed by atoms with Gasteiger partial charge in [0.05, 0.1) is 36.9 Å². The maximum Gasteiger partial charge on any atom is 0.335 e. The normalized spacial score (nSPS) is 53.4. The topological polar surface area (TPSA) is 213 Å². The fraction of sp³-hybridized carbons (Fsp3) is 0.854. The smallest absolute Gasteiger partial charge is 0.335 e. The molecule has 2 bridgehead atoms. The summed E-state index contributed by atoms with van der Waals surface area (Å²) in [4.78, 5) is 25.1. The van der Waals surface area contributed by atoms with E-state index in [4.69, 9.17) is 18.9 Å². The molecule has 7 aliphatic rings. The molecule has 5 aliphatic carbocycles. The zero-order valence-corrected chi connectivity index (χ0v) is 32.9. The quantitative estimate of drug-likeness (QED) is 0.0861. The lowest BCUT2D eigenvalue weighted by Crippen LogP contribution is -2.72. The largest absolute Gasteiger partial charge is 0.479 e. The van der Waals surface area contributed by atoms with Crippen molar-refractivity contribution < 1.29 is 64.3 Å². The first kappa shape index (κ1) is 40.3. The number of allylic oxidation sites excluding steroid dienone is 2. The van der Waals surface area contributed by atoms with Crippen LogP contribution in [0.4, 0.5) is 0 Å². The van der Waals surface area contributed by atoms with Gasteiger partial charge in [-0.1, -0.05) is 59.3 Å². The van der Waals surface area contributed by atoms with Gasteiger partial charge in [-0.2, -0.15) is 0 Å². The standard InChI is InChI=1S/C41H62O13/c1-9-19(2)34(50)54-32-31-37(5,17-42)16-21-20-10-11-23-38(6)14-13-24(51-35-27(46)25(44)26(45)28(52-35)33(48)49)36(3,4)22(38)12-15-39(23,7)40(20,8)29(47)30(53-31)41(21,32)18-43/h9-10,21-32,35,42-47H,11-18H2,1-8H3,(H,48,49)/b19-9-/t21-,22-,23+,24-,25-,26-,27+,28-,29-,30+,31+,32-,35+,37-,38-,39+,40-,41-/m0/s1. The number of fused-ring (bicyclic) bond motifs is 7. The van der Waals surface area contributed by atoms with Gasteiger partial charge < -0.3 is 54.7 Å². The minimum absolute atomic E-state index is 0.118. The van der Waals surface area contributed by atoms with Crippen molar-refractivity contribution in [1.29, 1.82) is 0 Å². The van der Waals surface area contributed by atoms with Gasteiger partial charge in [-0.05, 0) is 86.4 Å². The Balaban J connectivity index is 1.23. The number of carbonyl (C=O) groups excluding carboxylic acids is 1. The number of carbonyl (C=O) groups is 2. The predicted molar refractivity (Wildman–Crippen MR) is 192 cm³/mol. The summed E-state index contributed by atoms with van der Waals surface area (Å²) in [6, 6.07) is 0. The van der Waals surface area contributed by atoms with Gasteiger partial charge in [-0.3, -0.25) is 0 Å². The SMILES string of the molecule is C/C=C(/C)C(=O)O[C@H]1[C@H]2O[C@@H]3[C@H](O)[C@]4(C)C(=CC[C@@H]5[C@@]6(C)CC[C@H](O[C@@H]7O[C@H](C(=O)O)[C@@H](O)[C@H](O)[C@H]7O)C(C)(C)[C@@H]6CC[C@]54C)[C@H](C[C@@]2(C)CO)[C@@]31CO. The molecular formula is C41H62O13. The Hall–Kier alpha value is -1.94. The summed E-state index contributed by atoms with van der Waals surface area (Å²) in [6.45, 7) is 15.9. The lowest BCUT2D eigenvalue weighted by atomic mass is 9.33. The molecule has 0 spiro atoms. The molecule has 0 aromatic carbocycles. The predicted octanol–water partition coefficient (Wildman–Crippen LogP) is 2.48. The van der Waals surface area contributed by atoms with Gasteiger partial charge in [0.2, 0.25) is 0 Å². The van der Waals surface area contributed by atoms with E-state index in [1.165, 1.54) is 0 Å². The van der Waals surface area contributed by atoms with E-state index in [1.54, 1.807) is 19.9 Å². The maximum absolute atomic E-state index is 13.3. The van der Waals surface area contributed by atoms with E-state index >= 15 is 0 Å². The number of carboxylic acid groups (broad SMARTS) is 1. The van der Waals surface area contributed by atoms with Crippen molar-refractivity contribution in [2.45, 2.75) is 155 Å². The van der Waals surface area contributed by atoms with E-state index in [-0.39, 0.29) is 36.4 Å². The Morgan fingerprint density at radius 1 is 0.907 bits per heavy atom. The summed E-state index contributed by atoms with van der Waals surface area (Å²) in [6.07, 6.45) is -4.25. The Morgan fingerprint density at radius 2 is 1.59 bits per heavy atom. The first-order chi connectivity index (χ1) is 25.1. The van der Waals surface area contributed by atoms with Crippen molar-refractivity contribution in [2.75, 3.05) is 13.2 Å². The highest BCUT2D eigenvalue weighted by atomic mass is 16.7. The average molecular weight is 763 g/mol. The Labute approximate surface area is 317 Å². The molecule has 4 saturated carbocycles. The summed E-state index contributed by atoms with van der Waals surface area (Å²) in [5, 5.41) is 76.2. The molecule has 0 amide bonds. The summed E-state index contributed by atoms with van der Waals surface area (Å²) >= 11 is 0. The van der Waals surface area contributed by atoms with E-state index in [2.05, 4.69) is 40.7 Å². The van der Waals surface area contributed by atoms with Crippen LogP contribution in [0.2, 0.25) is 0 Å². The third kappa shape index (κ3) is 5.01. The van der Waals surface area contributed by atoms with Gasteiger partial charge in [-0.15, -0.1) is 0 Å². The number of ether oxygens (including phenoxy) is 4. The van der Waals surface area contributed by atoms with E-state index in [0.29, 0.717) is 18.4 Å². The Kier molecular flexibility index (Phi) is 9.72. The van der Waals surface area contributed by atoms with Gasteiger partial charge in [0.15, 0.2) is 12.4 Å². The minimum atomic E-state index is -1.80. The molecule has 2 saturated heterocycles. The van der Waals surface area contributed by atoms with Crippen LogP contribution in [0.15, 0.2) is 23.3 Å². The summed E-state index contributed by atoms with van der Waals surface area (Å²) in [5.74, 6) is -2.05. The van der Waals surface area contributed by atoms with Crippen molar-refractivity contribution in [2.24, 2.45) is 50.2 Å². The molecule has 18 atom stereocenters. The molecular weight excluding hydrogens is 700 g/mol. The minimum Gasteiger partial charge on any atom is -0.479 e.